The van der Waals surface area contributed by atoms with Gasteiger partial charge >= 0.3 is 0 Å². The van der Waals surface area contributed by atoms with E-state index in [9.17, 15) is 0 Å². The number of rotatable bonds is 4. The Labute approximate surface area is 86.9 Å². The highest BCUT2D eigenvalue weighted by molar-refractivity contribution is 7.80. The van der Waals surface area contributed by atoms with E-state index in [0.717, 1.165) is 11.7 Å². The van der Waals surface area contributed by atoms with Crippen LogP contribution < -0.4 is 10.6 Å². The van der Waals surface area contributed by atoms with Gasteiger partial charge in [0.05, 0.1) is 0 Å². The van der Waals surface area contributed by atoms with Crippen molar-refractivity contribution in [3.05, 3.63) is 0 Å². The second kappa shape index (κ2) is 6.16. The van der Waals surface area contributed by atoms with E-state index in [1.165, 1.54) is 0 Å². The number of likely N-dealkylation sites (N-methyl/N-ethyl adjacent to an activating group) is 1. The Kier molecular flexibility index (Phi) is 5.99. The van der Waals surface area contributed by atoms with Crippen molar-refractivity contribution in [2.24, 2.45) is 0 Å². The zero-order valence-corrected chi connectivity index (χ0v) is 10.0. The molecule has 0 saturated carbocycles. The summed E-state index contributed by atoms with van der Waals surface area (Å²) in [6.07, 6.45) is 0. The molecular weight excluding hydrogens is 182 g/mol. The molecule has 0 saturated heterocycles. The molecule has 2 N–H and O–H groups in total. The molecule has 0 aliphatic rings. The topological polar surface area (TPSA) is 27.3 Å². The second-order valence-electron chi connectivity index (χ2n) is 3.82. The fourth-order valence-corrected chi connectivity index (χ4v) is 1.06. The standard InChI is InChI=1S/C9H21N3S/c1-7(2)11-9(13)10-6-8(3)12(4)5/h7-8H,6H2,1-5H3,(H2,10,11,13). The molecule has 3 nitrogen and oxygen atoms in total. The number of hydrogen-bond acceptors (Lipinski definition) is 2. The van der Waals surface area contributed by atoms with Crippen molar-refractivity contribution in [2.45, 2.75) is 32.9 Å². The fraction of sp³-hybridized carbons (Fsp3) is 0.889. The first-order chi connectivity index (χ1) is 5.93. The van der Waals surface area contributed by atoms with Crippen molar-refractivity contribution in [2.75, 3.05) is 20.6 Å². The largest absolute Gasteiger partial charge is 0.361 e. The Bertz CT molecular complexity index is 157. The molecule has 0 aromatic carbocycles. The maximum Gasteiger partial charge on any atom is 0.166 e. The summed E-state index contributed by atoms with van der Waals surface area (Å²) in [4.78, 5) is 2.16. The van der Waals surface area contributed by atoms with Gasteiger partial charge in [-0.1, -0.05) is 0 Å². The van der Waals surface area contributed by atoms with Crippen LogP contribution in [0.15, 0.2) is 0 Å². The van der Waals surface area contributed by atoms with Gasteiger partial charge in [0.1, 0.15) is 0 Å². The maximum absolute atomic E-state index is 5.09. The van der Waals surface area contributed by atoms with E-state index >= 15 is 0 Å². The molecule has 0 heterocycles. The van der Waals surface area contributed by atoms with E-state index in [2.05, 4.69) is 50.4 Å². The smallest absolute Gasteiger partial charge is 0.166 e. The van der Waals surface area contributed by atoms with E-state index in [1.54, 1.807) is 0 Å². The predicted octanol–water partition coefficient (Wildman–Crippen LogP) is 0.809. The quantitative estimate of drug-likeness (QED) is 0.661. The lowest BCUT2D eigenvalue weighted by Gasteiger charge is -2.21. The van der Waals surface area contributed by atoms with Crippen LogP contribution in [0.3, 0.4) is 0 Å². The van der Waals surface area contributed by atoms with Gasteiger partial charge in [-0.3, -0.25) is 0 Å². The molecule has 0 fully saturated rings. The van der Waals surface area contributed by atoms with E-state index in [4.69, 9.17) is 12.2 Å². The summed E-state index contributed by atoms with van der Waals surface area (Å²) in [5.74, 6) is 0. The molecule has 0 rings (SSSR count). The van der Waals surface area contributed by atoms with Gasteiger partial charge < -0.3 is 15.5 Å². The molecule has 0 aromatic heterocycles. The Morgan fingerprint density at radius 3 is 2.23 bits per heavy atom. The van der Waals surface area contributed by atoms with Crippen molar-refractivity contribution in [1.29, 1.82) is 0 Å². The van der Waals surface area contributed by atoms with Gasteiger partial charge in [0.15, 0.2) is 5.11 Å². The van der Waals surface area contributed by atoms with E-state index in [1.807, 2.05) is 0 Å². The van der Waals surface area contributed by atoms with Crippen molar-refractivity contribution < 1.29 is 0 Å². The first-order valence-electron chi connectivity index (χ1n) is 4.64. The zero-order valence-electron chi connectivity index (χ0n) is 9.22. The minimum Gasteiger partial charge on any atom is -0.361 e. The summed E-state index contributed by atoms with van der Waals surface area (Å²) in [5.41, 5.74) is 0. The Balaban J connectivity index is 3.58. The minimum absolute atomic E-state index is 0.398. The first-order valence-corrected chi connectivity index (χ1v) is 5.05. The molecule has 1 atom stereocenters. The van der Waals surface area contributed by atoms with E-state index < -0.39 is 0 Å². The molecule has 0 amide bonds. The third kappa shape index (κ3) is 6.78. The maximum atomic E-state index is 5.09. The van der Waals surface area contributed by atoms with Crippen LogP contribution in [0.25, 0.3) is 0 Å². The van der Waals surface area contributed by atoms with Crippen molar-refractivity contribution >= 4 is 17.3 Å². The highest BCUT2D eigenvalue weighted by Gasteiger charge is 2.04. The van der Waals surface area contributed by atoms with E-state index in [-0.39, 0.29) is 0 Å². The van der Waals surface area contributed by atoms with Crippen LogP contribution in [0, 0.1) is 0 Å². The second-order valence-corrected chi connectivity index (χ2v) is 4.23. The number of thiocarbonyl (C=S) groups is 1. The average Bonchev–Trinajstić information content (AvgIpc) is 1.98. The summed E-state index contributed by atoms with van der Waals surface area (Å²) >= 11 is 5.09. The molecule has 0 aliphatic carbocycles. The summed E-state index contributed by atoms with van der Waals surface area (Å²) in [5, 5.41) is 7.05. The van der Waals surface area contributed by atoms with Crippen LogP contribution >= 0.6 is 12.2 Å². The lowest BCUT2D eigenvalue weighted by Crippen LogP contribution is -2.44. The molecule has 0 bridgehead atoms. The third-order valence-corrected chi connectivity index (χ3v) is 2.12. The molecule has 0 spiro atoms. The normalized spacial score (nSPS) is 13.2. The molecule has 4 heteroatoms. The lowest BCUT2D eigenvalue weighted by atomic mass is 10.3. The lowest BCUT2D eigenvalue weighted by molar-refractivity contribution is 0.313. The summed E-state index contributed by atoms with van der Waals surface area (Å²) < 4.78 is 0. The average molecular weight is 203 g/mol. The molecule has 0 aliphatic heterocycles. The van der Waals surface area contributed by atoms with Crippen LogP contribution in [0.5, 0.6) is 0 Å². The molecule has 13 heavy (non-hydrogen) atoms. The predicted molar refractivity (Wildman–Crippen MR) is 62.0 cm³/mol. The molecular formula is C9H21N3S. The number of hydrogen-bond donors (Lipinski definition) is 2. The Hall–Kier alpha value is -0.350. The highest BCUT2D eigenvalue weighted by atomic mass is 32.1. The number of nitrogens with zero attached hydrogens (tertiary/aromatic N) is 1. The first kappa shape index (κ1) is 12.7. The van der Waals surface area contributed by atoms with Crippen LogP contribution in [0.1, 0.15) is 20.8 Å². The van der Waals surface area contributed by atoms with Gasteiger partial charge in [-0.25, -0.2) is 0 Å². The highest BCUT2D eigenvalue weighted by Crippen LogP contribution is 1.88. The van der Waals surface area contributed by atoms with Crippen molar-refractivity contribution in [3.63, 3.8) is 0 Å². The third-order valence-electron chi connectivity index (χ3n) is 1.86. The molecule has 0 aromatic rings. The van der Waals surface area contributed by atoms with E-state index in [0.29, 0.717) is 12.1 Å². The monoisotopic (exact) mass is 203 g/mol. The van der Waals surface area contributed by atoms with Gasteiger partial charge in [-0.2, -0.15) is 0 Å². The van der Waals surface area contributed by atoms with Crippen LogP contribution in [-0.4, -0.2) is 42.7 Å². The van der Waals surface area contributed by atoms with Gasteiger partial charge in [0, 0.05) is 18.6 Å². The Morgan fingerprint density at radius 2 is 1.85 bits per heavy atom. The van der Waals surface area contributed by atoms with Crippen LogP contribution in [-0.2, 0) is 0 Å². The van der Waals surface area contributed by atoms with Gasteiger partial charge in [0.25, 0.3) is 0 Å². The SMILES string of the molecule is CC(C)NC(=S)NCC(C)N(C)C. The van der Waals surface area contributed by atoms with Crippen molar-refractivity contribution in [1.82, 2.24) is 15.5 Å². The van der Waals surface area contributed by atoms with Crippen LogP contribution in [0.4, 0.5) is 0 Å². The molecule has 0 radical (unpaired) electrons. The van der Waals surface area contributed by atoms with Gasteiger partial charge in [0.2, 0.25) is 0 Å². The summed E-state index contributed by atoms with van der Waals surface area (Å²) in [6.45, 7) is 7.18. The zero-order chi connectivity index (χ0) is 10.4. The Morgan fingerprint density at radius 1 is 1.31 bits per heavy atom. The molecule has 78 valence electrons. The van der Waals surface area contributed by atoms with Crippen molar-refractivity contribution in [3.8, 4) is 0 Å². The molecule has 1 unspecified atom stereocenters. The number of nitrogens with one attached hydrogen (secondary N) is 2. The fourth-order valence-electron chi connectivity index (χ4n) is 0.736. The minimum atomic E-state index is 0.398. The summed E-state index contributed by atoms with van der Waals surface area (Å²) in [6, 6.07) is 0.890. The summed E-state index contributed by atoms with van der Waals surface area (Å²) in [7, 11) is 4.12. The van der Waals surface area contributed by atoms with Gasteiger partial charge in [-0.15, -0.1) is 0 Å². The van der Waals surface area contributed by atoms with Crippen LogP contribution in [0.2, 0.25) is 0 Å². The van der Waals surface area contributed by atoms with Gasteiger partial charge in [-0.05, 0) is 47.1 Å².